The third kappa shape index (κ3) is 3.25. The number of carbonyl (C=O) groups is 1. The van der Waals surface area contributed by atoms with Gasteiger partial charge in [0.05, 0.1) is 17.7 Å². The Morgan fingerprint density at radius 2 is 2.11 bits per heavy atom. The second-order valence-corrected chi connectivity index (χ2v) is 5.85. The summed E-state index contributed by atoms with van der Waals surface area (Å²) < 4.78 is 0.703. The third-order valence-electron chi connectivity index (χ3n) is 3.22. The molecule has 0 spiro atoms. The van der Waals surface area contributed by atoms with E-state index in [1.54, 1.807) is 18.2 Å². The molecule has 0 aromatic heterocycles. The molecule has 1 aromatic carbocycles. The zero-order valence-corrected chi connectivity index (χ0v) is 12.2. The van der Waals surface area contributed by atoms with Crippen molar-refractivity contribution in [2.45, 2.75) is 37.8 Å². The van der Waals surface area contributed by atoms with E-state index in [2.05, 4.69) is 21.2 Å². The predicted octanol–water partition coefficient (Wildman–Crippen LogP) is 3.14. The van der Waals surface area contributed by atoms with Gasteiger partial charge in [0.25, 0.3) is 5.91 Å². The summed E-state index contributed by atoms with van der Waals surface area (Å²) in [6.07, 6.45) is 3.19. The standard InChI is InChI=1S/C13H15BrClNO2/c14-10-6-5-8(15)7-9(10)13(18)16-11-3-1-2-4-12(11)17/h5-7,11-12,17H,1-4H2,(H,16,18)/t11-,12-/m0/s1. The van der Waals surface area contributed by atoms with Crippen molar-refractivity contribution in [2.75, 3.05) is 0 Å². The highest BCUT2D eigenvalue weighted by molar-refractivity contribution is 9.10. The van der Waals surface area contributed by atoms with E-state index in [0.29, 0.717) is 15.1 Å². The summed E-state index contributed by atoms with van der Waals surface area (Å²) in [5, 5.41) is 13.2. The van der Waals surface area contributed by atoms with E-state index in [-0.39, 0.29) is 11.9 Å². The average Bonchev–Trinajstić information content (AvgIpc) is 2.35. The molecule has 0 saturated heterocycles. The molecule has 1 aliphatic rings. The van der Waals surface area contributed by atoms with E-state index in [4.69, 9.17) is 11.6 Å². The van der Waals surface area contributed by atoms with Gasteiger partial charge in [-0.3, -0.25) is 4.79 Å². The second kappa shape index (κ2) is 6.04. The molecule has 0 heterocycles. The third-order valence-corrected chi connectivity index (χ3v) is 4.15. The number of halogens is 2. The van der Waals surface area contributed by atoms with E-state index in [0.717, 1.165) is 25.7 Å². The number of carbonyl (C=O) groups excluding carboxylic acids is 1. The Morgan fingerprint density at radius 1 is 1.39 bits per heavy atom. The number of nitrogens with one attached hydrogen (secondary N) is 1. The minimum Gasteiger partial charge on any atom is -0.391 e. The van der Waals surface area contributed by atoms with Gasteiger partial charge in [-0.15, -0.1) is 0 Å². The van der Waals surface area contributed by atoms with Gasteiger partial charge in [-0.25, -0.2) is 0 Å². The summed E-state index contributed by atoms with van der Waals surface area (Å²) >= 11 is 9.21. The maximum absolute atomic E-state index is 12.1. The lowest BCUT2D eigenvalue weighted by Crippen LogP contribution is -2.45. The van der Waals surface area contributed by atoms with Crippen LogP contribution in [0.15, 0.2) is 22.7 Å². The van der Waals surface area contributed by atoms with Crippen molar-refractivity contribution in [1.82, 2.24) is 5.32 Å². The van der Waals surface area contributed by atoms with E-state index in [9.17, 15) is 9.90 Å². The lowest BCUT2D eigenvalue weighted by Gasteiger charge is -2.28. The fraction of sp³-hybridized carbons (Fsp3) is 0.462. The Bertz CT molecular complexity index is 453. The lowest BCUT2D eigenvalue weighted by molar-refractivity contribution is 0.0716. The summed E-state index contributed by atoms with van der Waals surface area (Å²) in [6.45, 7) is 0. The summed E-state index contributed by atoms with van der Waals surface area (Å²) in [7, 11) is 0. The normalized spacial score (nSPS) is 23.7. The van der Waals surface area contributed by atoms with Crippen LogP contribution < -0.4 is 5.32 Å². The fourth-order valence-corrected chi connectivity index (χ4v) is 2.80. The van der Waals surface area contributed by atoms with Crippen LogP contribution >= 0.6 is 27.5 Å². The van der Waals surface area contributed by atoms with E-state index < -0.39 is 6.10 Å². The molecule has 2 N–H and O–H groups in total. The molecular weight excluding hydrogens is 318 g/mol. The zero-order valence-electron chi connectivity index (χ0n) is 9.83. The molecule has 1 aliphatic carbocycles. The van der Waals surface area contributed by atoms with Crippen LogP contribution in [0.2, 0.25) is 5.02 Å². The number of rotatable bonds is 2. The summed E-state index contributed by atoms with van der Waals surface area (Å²) in [4.78, 5) is 12.1. The van der Waals surface area contributed by atoms with E-state index in [1.807, 2.05) is 0 Å². The summed E-state index contributed by atoms with van der Waals surface area (Å²) in [5.41, 5.74) is 0.500. The van der Waals surface area contributed by atoms with Crippen molar-refractivity contribution in [2.24, 2.45) is 0 Å². The van der Waals surface area contributed by atoms with Gasteiger partial charge in [0.15, 0.2) is 0 Å². The van der Waals surface area contributed by atoms with Crippen molar-refractivity contribution in [3.8, 4) is 0 Å². The largest absolute Gasteiger partial charge is 0.391 e. The molecule has 2 rings (SSSR count). The predicted molar refractivity (Wildman–Crippen MR) is 74.9 cm³/mol. The van der Waals surface area contributed by atoms with Crippen LogP contribution in [0.1, 0.15) is 36.0 Å². The average molecular weight is 333 g/mol. The van der Waals surface area contributed by atoms with Gasteiger partial charge in [0.2, 0.25) is 0 Å². The fourth-order valence-electron chi connectivity index (χ4n) is 2.20. The van der Waals surface area contributed by atoms with Crippen LogP contribution in [-0.4, -0.2) is 23.2 Å². The van der Waals surface area contributed by atoms with Gasteiger partial charge in [-0.1, -0.05) is 24.4 Å². The molecule has 0 bridgehead atoms. The van der Waals surface area contributed by atoms with Crippen LogP contribution in [0, 0.1) is 0 Å². The van der Waals surface area contributed by atoms with Crippen molar-refractivity contribution in [3.05, 3.63) is 33.3 Å². The van der Waals surface area contributed by atoms with Crippen LogP contribution in [0.25, 0.3) is 0 Å². The molecule has 18 heavy (non-hydrogen) atoms. The van der Waals surface area contributed by atoms with Gasteiger partial charge >= 0.3 is 0 Å². The molecule has 1 fully saturated rings. The van der Waals surface area contributed by atoms with Crippen molar-refractivity contribution in [3.63, 3.8) is 0 Å². The topological polar surface area (TPSA) is 49.3 Å². The smallest absolute Gasteiger partial charge is 0.252 e. The Kier molecular flexibility index (Phi) is 4.65. The minimum absolute atomic E-state index is 0.155. The number of aliphatic hydroxyl groups excluding tert-OH is 1. The first kappa shape index (κ1) is 13.8. The zero-order chi connectivity index (χ0) is 13.1. The first-order valence-corrected chi connectivity index (χ1v) is 7.19. The van der Waals surface area contributed by atoms with Crippen molar-refractivity contribution < 1.29 is 9.90 Å². The number of amides is 1. The van der Waals surface area contributed by atoms with Crippen LogP contribution in [0.4, 0.5) is 0 Å². The molecular formula is C13H15BrClNO2. The van der Waals surface area contributed by atoms with Gasteiger partial charge in [-0.05, 0) is 47.0 Å². The number of aliphatic hydroxyl groups is 1. The molecule has 1 saturated carbocycles. The Morgan fingerprint density at radius 3 is 2.83 bits per heavy atom. The molecule has 0 aliphatic heterocycles. The molecule has 1 amide bonds. The Hall–Kier alpha value is -0.580. The molecule has 0 unspecified atom stereocenters. The van der Waals surface area contributed by atoms with Crippen LogP contribution in [0.5, 0.6) is 0 Å². The van der Waals surface area contributed by atoms with Crippen LogP contribution in [0.3, 0.4) is 0 Å². The highest BCUT2D eigenvalue weighted by atomic mass is 79.9. The number of hydrogen-bond acceptors (Lipinski definition) is 2. The molecule has 2 atom stereocenters. The first-order chi connectivity index (χ1) is 8.58. The maximum atomic E-state index is 12.1. The number of benzene rings is 1. The van der Waals surface area contributed by atoms with Gasteiger partial charge < -0.3 is 10.4 Å². The summed E-state index contributed by atoms with van der Waals surface area (Å²) in [6, 6.07) is 4.93. The van der Waals surface area contributed by atoms with Gasteiger partial charge in [0.1, 0.15) is 0 Å². The molecule has 0 radical (unpaired) electrons. The monoisotopic (exact) mass is 331 g/mol. The molecule has 5 heteroatoms. The van der Waals surface area contributed by atoms with Crippen molar-refractivity contribution >= 4 is 33.4 Å². The molecule has 3 nitrogen and oxygen atoms in total. The molecule has 98 valence electrons. The van der Waals surface area contributed by atoms with E-state index >= 15 is 0 Å². The van der Waals surface area contributed by atoms with E-state index in [1.165, 1.54) is 0 Å². The van der Waals surface area contributed by atoms with Gasteiger partial charge in [-0.2, -0.15) is 0 Å². The first-order valence-electron chi connectivity index (χ1n) is 6.02. The summed E-state index contributed by atoms with van der Waals surface area (Å²) in [5.74, 6) is -0.199. The van der Waals surface area contributed by atoms with Crippen molar-refractivity contribution in [1.29, 1.82) is 0 Å². The van der Waals surface area contributed by atoms with Crippen LogP contribution in [-0.2, 0) is 0 Å². The quantitative estimate of drug-likeness (QED) is 0.874. The Labute approximate surface area is 120 Å². The molecule has 1 aromatic rings. The lowest BCUT2D eigenvalue weighted by atomic mass is 9.92. The van der Waals surface area contributed by atoms with Gasteiger partial charge in [0, 0.05) is 9.50 Å². The SMILES string of the molecule is O=C(N[C@H]1CCCC[C@@H]1O)c1cc(Cl)ccc1Br. The minimum atomic E-state index is -0.444. The highest BCUT2D eigenvalue weighted by Crippen LogP contribution is 2.23. The maximum Gasteiger partial charge on any atom is 0.252 e. The number of hydrogen-bond donors (Lipinski definition) is 2. The second-order valence-electron chi connectivity index (χ2n) is 4.56. The Balaban J connectivity index is 2.09. The highest BCUT2D eigenvalue weighted by Gasteiger charge is 2.25.